The van der Waals surface area contributed by atoms with Crippen molar-refractivity contribution >= 4 is 11.6 Å². The van der Waals surface area contributed by atoms with Gasteiger partial charge in [-0.15, -0.1) is 0 Å². The quantitative estimate of drug-likeness (QED) is 0.858. The molecule has 0 saturated carbocycles. The lowest BCUT2D eigenvalue weighted by Crippen LogP contribution is -2.40. The van der Waals surface area contributed by atoms with Crippen molar-refractivity contribution in [2.24, 2.45) is 0 Å². The Kier molecular flexibility index (Phi) is 4.67. The molecule has 1 atom stereocenters. The van der Waals surface area contributed by atoms with Crippen LogP contribution in [0.5, 0.6) is 0 Å². The number of hydrogen-bond donors (Lipinski definition) is 2. The molecule has 1 aromatic rings. The van der Waals surface area contributed by atoms with Gasteiger partial charge in [0.15, 0.2) is 0 Å². The van der Waals surface area contributed by atoms with E-state index in [0.29, 0.717) is 5.69 Å². The molecular formula is C13H16FN3O. The minimum absolute atomic E-state index is 0.0140. The van der Waals surface area contributed by atoms with Crippen LogP contribution in [0.15, 0.2) is 18.2 Å². The van der Waals surface area contributed by atoms with Gasteiger partial charge < -0.3 is 10.6 Å². The molecule has 1 amide bonds. The van der Waals surface area contributed by atoms with E-state index in [1.165, 1.54) is 12.1 Å². The third kappa shape index (κ3) is 3.74. The molecule has 0 aliphatic carbocycles. The van der Waals surface area contributed by atoms with E-state index in [0.717, 1.165) is 0 Å². The number of anilines is 1. The Morgan fingerprint density at radius 2 is 2.06 bits per heavy atom. The Morgan fingerprint density at radius 1 is 1.39 bits per heavy atom. The highest BCUT2D eigenvalue weighted by Gasteiger charge is 2.13. The van der Waals surface area contributed by atoms with E-state index in [1.54, 1.807) is 19.1 Å². The van der Waals surface area contributed by atoms with Crippen LogP contribution in [-0.2, 0) is 4.79 Å². The predicted molar refractivity (Wildman–Crippen MR) is 67.5 cm³/mol. The maximum Gasteiger partial charge on any atom is 0.242 e. The van der Waals surface area contributed by atoms with Gasteiger partial charge in [0.25, 0.3) is 0 Å². The maximum atomic E-state index is 13.3. The number of nitrogens with one attached hydrogen (secondary N) is 2. The Balaban J connectivity index is 2.71. The molecule has 96 valence electrons. The summed E-state index contributed by atoms with van der Waals surface area (Å²) in [5, 5.41) is 14.2. The monoisotopic (exact) mass is 249 g/mol. The van der Waals surface area contributed by atoms with Crippen LogP contribution in [0.3, 0.4) is 0 Å². The normalized spacial score (nSPS) is 11.8. The molecule has 1 unspecified atom stereocenters. The van der Waals surface area contributed by atoms with Crippen molar-refractivity contribution in [3.63, 3.8) is 0 Å². The molecule has 0 bridgehead atoms. The summed E-state index contributed by atoms with van der Waals surface area (Å²) in [4.78, 5) is 11.6. The molecule has 0 fully saturated rings. The second-order valence-corrected chi connectivity index (χ2v) is 4.34. The van der Waals surface area contributed by atoms with E-state index in [4.69, 9.17) is 5.26 Å². The molecule has 5 heteroatoms. The van der Waals surface area contributed by atoms with Crippen LogP contribution in [0, 0.1) is 17.1 Å². The summed E-state index contributed by atoms with van der Waals surface area (Å²) >= 11 is 0. The molecule has 0 aromatic heterocycles. The van der Waals surface area contributed by atoms with Gasteiger partial charge in [0, 0.05) is 11.7 Å². The van der Waals surface area contributed by atoms with Crippen LogP contribution >= 0.6 is 0 Å². The summed E-state index contributed by atoms with van der Waals surface area (Å²) < 4.78 is 13.3. The largest absolute Gasteiger partial charge is 0.374 e. The summed E-state index contributed by atoms with van der Waals surface area (Å²) in [6.07, 6.45) is 0. The Hall–Kier alpha value is -2.09. The lowest BCUT2D eigenvalue weighted by Gasteiger charge is -2.17. The fraction of sp³-hybridized carbons (Fsp3) is 0.385. The van der Waals surface area contributed by atoms with Crippen LogP contribution in [0.1, 0.15) is 26.3 Å². The van der Waals surface area contributed by atoms with Gasteiger partial charge >= 0.3 is 0 Å². The van der Waals surface area contributed by atoms with E-state index >= 15 is 0 Å². The summed E-state index contributed by atoms with van der Waals surface area (Å²) in [5.74, 6) is -0.756. The Morgan fingerprint density at radius 3 is 2.56 bits per heavy atom. The fourth-order valence-electron chi connectivity index (χ4n) is 1.42. The Bertz CT molecular complexity index is 480. The molecular weight excluding hydrogens is 233 g/mol. The highest BCUT2D eigenvalue weighted by molar-refractivity contribution is 5.84. The zero-order chi connectivity index (χ0) is 13.7. The first-order valence-corrected chi connectivity index (χ1v) is 5.70. The number of nitrogens with zero attached hydrogens (tertiary/aromatic N) is 1. The van der Waals surface area contributed by atoms with Crippen molar-refractivity contribution in [3.8, 4) is 6.07 Å². The number of amides is 1. The molecule has 0 radical (unpaired) electrons. The second-order valence-electron chi connectivity index (χ2n) is 4.34. The lowest BCUT2D eigenvalue weighted by atomic mass is 10.2. The average molecular weight is 249 g/mol. The molecule has 0 heterocycles. The van der Waals surface area contributed by atoms with Crippen LogP contribution < -0.4 is 10.6 Å². The molecule has 0 aliphatic heterocycles. The molecule has 0 aliphatic rings. The fourth-order valence-corrected chi connectivity index (χ4v) is 1.42. The van der Waals surface area contributed by atoms with E-state index in [1.807, 2.05) is 13.8 Å². The van der Waals surface area contributed by atoms with Gasteiger partial charge in [0.2, 0.25) is 5.91 Å². The van der Waals surface area contributed by atoms with E-state index in [2.05, 4.69) is 10.6 Å². The van der Waals surface area contributed by atoms with Crippen LogP contribution in [0.4, 0.5) is 10.1 Å². The van der Waals surface area contributed by atoms with Gasteiger partial charge in [-0.3, -0.25) is 4.79 Å². The molecule has 4 nitrogen and oxygen atoms in total. The first-order valence-electron chi connectivity index (χ1n) is 5.70. The van der Waals surface area contributed by atoms with Crippen molar-refractivity contribution < 1.29 is 9.18 Å². The van der Waals surface area contributed by atoms with Gasteiger partial charge in [-0.2, -0.15) is 5.26 Å². The number of carbonyl (C=O) groups is 1. The topological polar surface area (TPSA) is 64.9 Å². The van der Waals surface area contributed by atoms with Crippen molar-refractivity contribution in [2.75, 3.05) is 5.32 Å². The van der Waals surface area contributed by atoms with E-state index in [-0.39, 0.29) is 17.5 Å². The first-order chi connectivity index (χ1) is 8.43. The average Bonchev–Trinajstić information content (AvgIpc) is 2.28. The van der Waals surface area contributed by atoms with Crippen molar-refractivity contribution in [1.82, 2.24) is 5.32 Å². The zero-order valence-corrected chi connectivity index (χ0v) is 10.6. The lowest BCUT2D eigenvalue weighted by molar-refractivity contribution is -0.122. The predicted octanol–water partition coefficient (Wildman–Crippen LogP) is 2.02. The number of hydrogen-bond acceptors (Lipinski definition) is 3. The summed E-state index contributed by atoms with van der Waals surface area (Å²) in [5.41, 5.74) is 0.456. The number of halogens is 1. The maximum absolute atomic E-state index is 13.3. The van der Waals surface area contributed by atoms with Crippen LogP contribution in [-0.4, -0.2) is 18.0 Å². The van der Waals surface area contributed by atoms with Gasteiger partial charge in [-0.05, 0) is 39.0 Å². The summed E-state index contributed by atoms with van der Waals surface area (Å²) in [7, 11) is 0. The van der Waals surface area contributed by atoms with E-state index < -0.39 is 11.9 Å². The molecule has 18 heavy (non-hydrogen) atoms. The molecule has 1 rings (SSSR count). The zero-order valence-electron chi connectivity index (χ0n) is 10.6. The number of nitriles is 1. The summed E-state index contributed by atoms with van der Waals surface area (Å²) in [6.45, 7) is 5.42. The number of rotatable bonds is 4. The first kappa shape index (κ1) is 14.0. The van der Waals surface area contributed by atoms with Crippen LogP contribution in [0.25, 0.3) is 0 Å². The molecule has 1 aromatic carbocycles. The molecule has 0 saturated heterocycles. The van der Waals surface area contributed by atoms with Gasteiger partial charge in [0.1, 0.15) is 17.9 Å². The van der Waals surface area contributed by atoms with Crippen molar-refractivity contribution in [1.29, 1.82) is 5.26 Å². The Labute approximate surface area is 106 Å². The molecule has 2 N–H and O–H groups in total. The molecule has 0 spiro atoms. The highest BCUT2D eigenvalue weighted by Crippen LogP contribution is 2.14. The van der Waals surface area contributed by atoms with Crippen molar-refractivity contribution in [3.05, 3.63) is 29.6 Å². The second kappa shape index (κ2) is 6.01. The van der Waals surface area contributed by atoms with Gasteiger partial charge in [0.05, 0.1) is 5.56 Å². The van der Waals surface area contributed by atoms with Gasteiger partial charge in [-0.25, -0.2) is 4.39 Å². The third-order valence-electron chi connectivity index (χ3n) is 2.30. The summed E-state index contributed by atoms with van der Waals surface area (Å²) in [6, 6.07) is 5.48. The highest BCUT2D eigenvalue weighted by atomic mass is 19.1. The van der Waals surface area contributed by atoms with Crippen LogP contribution in [0.2, 0.25) is 0 Å². The minimum atomic E-state index is -0.598. The smallest absolute Gasteiger partial charge is 0.242 e. The minimum Gasteiger partial charge on any atom is -0.374 e. The number of carbonyl (C=O) groups excluding carboxylic acids is 1. The third-order valence-corrected chi connectivity index (χ3v) is 2.30. The van der Waals surface area contributed by atoms with E-state index in [9.17, 15) is 9.18 Å². The SMILES string of the molecule is CC(C)NC(=O)C(C)Nc1ccc(C#N)c(F)c1. The van der Waals surface area contributed by atoms with Crippen molar-refractivity contribution in [2.45, 2.75) is 32.9 Å². The number of benzene rings is 1. The van der Waals surface area contributed by atoms with Gasteiger partial charge in [-0.1, -0.05) is 0 Å². The standard InChI is InChI=1S/C13H16FN3O/c1-8(2)16-13(18)9(3)17-11-5-4-10(7-15)12(14)6-11/h4-6,8-9,17H,1-3H3,(H,16,18).